The van der Waals surface area contributed by atoms with Gasteiger partial charge in [-0.1, -0.05) is 60.7 Å². The first-order valence-electron chi connectivity index (χ1n) is 26.8. The monoisotopic (exact) mass is 1170 g/mol. The van der Waals surface area contributed by atoms with Crippen molar-refractivity contribution < 1.29 is 65.8 Å². The normalized spacial score (nSPS) is 17.0. The molecule has 8 heterocycles. The minimum absolute atomic E-state index is 0.0401. The second kappa shape index (κ2) is 25.0. The standard InChI is InChI=1S/2C29H31F3N6O4/c2*1-17-14-36(23(16-40)21-5-4-10-33-27(21)42-3)11-12-37(17)28(41)22-13-34-38-25(29(30,31)32)18(2)24(35-26(22)38)20-8-6-19(15-39)7-9-20/h2*4-10,13,17,23,39-40H,11-12,14-16H2,1-3H3/t17-,23+;17-,23-/m11/s1. The molecule has 26 heteroatoms. The molecular formula is C58H62F6N12O8. The molecule has 2 aliphatic heterocycles. The van der Waals surface area contributed by atoms with E-state index in [4.69, 9.17) is 9.47 Å². The summed E-state index contributed by atoms with van der Waals surface area (Å²) < 4.78 is 98.0. The van der Waals surface area contributed by atoms with E-state index in [-0.39, 0.29) is 96.5 Å². The maximum Gasteiger partial charge on any atom is 0.433 e. The van der Waals surface area contributed by atoms with Crippen molar-refractivity contribution in [2.24, 2.45) is 0 Å². The van der Waals surface area contributed by atoms with Crippen molar-refractivity contribution in [1.29, 1.82) is 0 Å². The van der Waals surface area contributed by atoms with Crippen LogP contribution in [0.4, 0.5) is 26.3 Å². The van der Waals surface area contributed by atoms with Crippen LogP contribution in [0.5, 0.6) is 11.8 Å². The van der Waals surface area contributed by atoms with Gasteiger partial charge in [0.2, 0.25) is 11.8 Å². The molecule has 0 bridgehead atoms. The van der Waals surface area contributed by atoms with Crippen LogP contribution >= 0.6 is 0 Å². The molecule has 10 rings (SSSR count). The minimum Gasteiger partial charge on any atom is -0.481 e. The number of rotatable bonds is 14. The lowest BCUT2D eigenvalue weighted by Crippen LogP contribution is -2.55. The van der Waals surface area contributed by atoms with Crippen molar-refractivity contribution in [3.05, 3.63) is 153 Å². The zero-order chi connectivity index (χ0) is 60.4. The molecule has 2 amide bonds. The number of benzene rings is 2. The molecule has 4 atom stereocenters. The van der Waals surface area contributed by atoms with Crippen molar-refractivity contribution in [3.8, 4) is 34.3 Å². The molecule has 8 aromatic rings. The third-order valence-electron chi connectivity index (χ3n) is 15.4. The third-order valence-corrected chi connectivity index (χ3v) is 15.4. The van der Waals surface area contributed by atoms with E-state index >= 15 is 0 Å². The Kier molecular flexibility index (Phi) is 18.0. The Morgan fingerprint density at radius 1 is 0.583 bits per heavy atom. The fraction of sp³-hybridized carbons (Fsp3) is 0.379. The minimum atomic E-state index is -4.76. The van der Waals surface area contributed by atoms with Gasteiger partial charge < -0.3 is 39.7 Å². The zero-order valence-corrected chi connectivity index (χ0v) is 46.7. The predicted molar refractivity (Wildman–Crippen MR) is 294 cm³/mol. The number of pyridine rings is 2. The second-order valence-corrected chi connectivity index (χ2v) is 20.4. The Morgan fingerprint density at radius 2 is 0.952 bits per heavy atom. The predicted octanol–water partition coefficient (Wildman–Crippen LogP) is 7.00. The first-order valence-corrected chi connectivity index (χ1v) is 26.8. The van der Waals surface area contributed by atoms with Crippen LogP contribution in [0.3, 0.4) is 0 Å². The van der Waals surface area contributed by atoms with Gasteiger partial charge in [0, 0.05) is 97.1 Å². The van der Waals surface area contributed by atoms with E-state index in [1.165, 1.54) is 28.1 Å². The number of alkyl halides is 6. The second-order valence-electron chi connectivity index (χ2n) is 20.4. The van der Waals surface area contributed by atoms with Crippen LogP contribution in [-0.4, -0.2) is 170 Å². The third kappa shape index (κ3) is 11.9. The van der Waals surface area contributed by atoms with E-state index in [0.29, 0.717) is 69.2 Å². The first kappa shape index (κ1) is 60.5. The Morgan fingerprint density at radius 3 is 1.26 bits per heavy atom. The summed E-state index contributed by atoms with van der Waals surface area (Å²) in [5, 5.41) is 47.1. The lowest BCUT2D eigenvalue weighted by molar-refractivity contribution is -0.144. The van der Waals surface area contributed by atoms with E-state index in [0.717, 1.165) is 23.5 Å². The number of carbonyl (C=O) groups is 2. The number of fused-ring (bicyclic) bond motifs is 2. The smallest absolute Gasteiger partial charge is 0.433 e. The summed E-state index contributed by atoms with van der Waals surface area (Å²) in [6.07, 6.45) is -4.06. The van der Waals surface area contributed by atoms with Gasteiger partial charge in [-0.05, 0) is 51.0 Å². The largest absolute Gasteiger partial charge is 0.481 e. The molecule has 4 N–H and O–H groups in total. The van der Waals surface area contributed by atoms with Crippen molar-refractivity contribution in [1.82, 2.24) is 58.8 Å². The number of carbonyl (C=O) groups excluding carboxylic acids is 2. The van der Waals surface area contributed by atoms with Gasteiger partial charge in [-0.25, -0.2) is 29.0 Å². The van der Waals surface area contributed by atoms with Crippen LogP contribution in [0.25, 0.3) is 33.8 Å². The Bertz CT molecular complexity index is 3420. The van der Waals surface area contributed by atoms with Crippen LogP contribution in [0.1, 0.15) is 91.4 Å². The number of aliphatic hydroxyl groups is 4. The van der Waals surface area contributed by atoms with Gasteiger partial charge in [0.1, 0.15) is 11.1 Å². The number of nitrogens with zero attached hydrogens (tertiary/aromatic N) is 12. The summed E-state index contributed by atoms with van der Waals surface area (Å²) in [5.41, 5.74) is 0.877. The van der Waals surface area contributed by atoms with Gasteiger partial charge in [0.15, 0.2) is 22.7 Å². The van der Waals surface area contributed by atoms with Crippen LogP contribution in [0.2, 0.25) is 0 Å². The molecule has 0 aliphatic carbocycles. The summed E-state index contributed by atoms with van der Waals surface area (Å²) in [7, 11) is 3.01. The van der Waals surface area contributed by atoms with Crippen molar-refractivity contribution in [3.63, 3.8) is 0 Å². The van der Waals surface area contributed by atoms with Crippen LogP contribution in [0, 0.1) is 13.8 Å². The molecule has 0 spiro atoms. The van der Waals surface area contributed by atoms with Crippen LogP contribution in [0.15, 0.2) is 97.6 Å². The summed E-state index contributed by atoms with van der Waals surface area (Å²) in [4.78, 5) is 52.3. The summed E-state index contributed by atoms with van der Waals surface area (Å²) in [6, 6.07) is 18.5. The summed E-state index contributed by atoms with van der Waals surface area (Å²) >= 11 is 0. The number of aliphatic hydroxyl groups excluding tert-OH is 4. The average molecular weight is 1170 g/mol. The highest BCUT2D eigenvalue weighted by Gasteiger charge is 2.42. The van der Waals surface area contributed by atoms with Gasteiger partial charge >= 0.3 is 12.4 Å². The summed E-state index contributed by atoms with van der Waals surface area (Å²) in [6.45, 7) is 7.68. The molecule has 0 radical (unpaired) electrons. The zero-order valence-electron chi connectivity index (χ0n) is 46.7. The molecule has 2 saturated heterocycles. The molecule has 84 heavy (non-hydrogen) atoms. The maximum absolute atomic E-state index is 14.3. The molecule has 2 fully saturated rings. The topological polar surface area (TPSA) is 233 Å². The van der Waals surface area contributed by atoms with Gasteiger partial charge in [0.05, 0.1) is 76.5 Å². The Balaban J connectivity index is 0.000000202. The molecule has 20 nitrogen and oxygen atoms in total. The number of halogens is 6. The first-order chi connectivity index (χ1) is 40.2. The van der Waals surface area contributed by atoms with Crippen molar-refractivity contribution in [2.45, 2.75) is 77.4 Å². The van der Waals surface area contributed by atoms with E-state index in [1.54, 1.807) is 82.9 Å². The number of hydrogen-bond donors (Lipinski definition) is 4. The number of hydrogen-bond acceptors (Lipinski definition) is 16. The van der Waals surface area contributed by atoms with Crippen molar-refractivity contribution >= 4 is 23.1 Å². The van der Waals surface area contributed by atoms with E-state index in [1.807, 2.05) is 35.8 Å². The Hall–Kier alpha value is -8.14. The van der Waals surface area contributed by atoms with Gasteiger partial charge in [-0.3, -0.25) is 19.4 Å². The highest BCUT2D eigenvalue weighted by atomic mass is 19.4. The number of amides is 2. The lowest BCUT2D eigenvalue weighted by Gasteiger charge is -2.43. The highest BCUT2D eigenvalue weighted by molar-refractivity contribution is 6.01. The average Bonchev–Trinajstić information content (AvgIpc) is 1.86. The van der Waals surface area contributed by atoms with Gasteiger partial charge in [-0.2, -0.15) is 36.5 Å². The van der Waals surface area contributed by atoms with E-state index < -0.39 is 47.6 Å². The number of ether oxygens (including phenoxy) is 2. The summed E-state index contributed by atoms with van der Waals surface area (Å²) in [5.74, 6) is -0.166. The van der Waals surface area contributed by atoms with Gasteiger partial charge in [0.25, 0.3) is 11.8 Å². The fourth-order valence-electron chi connectivity index (χ4n) is 11.1. The number of piperazine rings is 2. The molecule has 2 aliphatic rings. The van der Waals surface area contributed by atoms with Crippen molar-refractivity contribution in [2.75, 3.05) is 66.7 Å². The van der Waals surface area contributed by atoms with Gasteiger partial charge in [-0.15, -0.1) is 0 Å². The molecule has 444 valence electrons. The quantitative estimate of drug-likeness (QED) is 0.0803. The fourth-order valence-corrected chi connectivity index (χ4v) is 11.1. The molecule has 2 aromatic carbocycles. The van der Waals surface area contributed by atoms with Crippen LogP contribution in [-0.2, 0) is 25.6 Å². The molecule has 0 saturated carbocycles. The number of aromatic nitrogens is 8. The SMILES string of the molecule is COc1ncccc1[C@@H](CO)N1CCN(C(=O)c2cnn3c(C(F)(F)F)c(C)c(-c4ccc(CO)cc4)nc23)[C@H](C)C1.COc1ncccc1[C@H](CO)N1CCN(C(=O)c2cnn3c(C(F)(F)F)c(C)c(-c4ccc(CO)cc4)nc23)[C@H](C)C1. The molecule has 0 unspecified atom stereocenters. The highest BCUT2D eigenvalue weighted by Crippen LogP contribution is 2.40. The maximum atomic E-state index is 14.3. The lowest BCUT2D eigenvalue weighted by atomic mass is 10.0. The molecular weight excluding hydrogens is 1110 g/mol. The van der Waals surface area contributed by atoms with E-state index in [2.05, 4.69) is 30.1 Å². The van der Waals surface area contributed by atoms with Crippen LogP contribution < -0.4 is 9.47 Å². The van der Waals surface area contributed by atoms with E-state index in [9.17, 15) is 56.4 Å². The molecule has 6 aromatic heterocycles. The number of methoxy groups -OCH3 is 2. The Labute approximate surface area is 478 Å².